The highest BCUT2D eigenvalue weighted by Crippen LogP contribution is 1.84. The first-order valence-electron chi connectivity index (χ1n) is 9.22. The molecule has 0 fully saturated rings. The van der Waals surface area contributed by atoms with Gasteiger partial charge in [-0.05, 0) is 6.92 Å². The van der Waals surface area contributed by atoms with Gasteiger partial charge in [-0.2, -0.15) is 0 Å². The first kappa shape index (κ1) is 25.2. The molecular formula is C17H36N2O7. The minimum absolute atomic E-state index is 0.239. The summed E-state index contributed by atoms with van der Waals surface area (Å²) in [7, 11) is 0. The molecule has 0 radical (unpaired) electrons. The van der Waals surface area contributed by atoms with E-state index in [0.29, 0.717) is 72.7 Å². The molecule has 1 amide bonds. The van der Waals surface area contributed by atoms with Crippen LogP contribution in [0, 0.1) is 0 Å². The lowest BCUT2D eigenvalue weighted by Gasteiger charge is -2.08. The summed E-state index contributed by atoms with van der Waals surface area (Å²) in [4.78, 5) is 10.5. The van der Waals surface area contributed by atoms with Crippen LogP contribution >= 0.6 is 0 Å². The molecule has 156 valence electrons. The lowest BCUT2D eigenvalue weighted by Crippen LogP contribution is -2.25. The zero-order chi connectivity index (χ0) is 19.1. The van der Waals surface area contributed by atoms with E-state index in [1.54, 1.807) is 0 Å². The van der Waals surface area contributed by atoms with Crippen molar-refractivity contribution in [3.8, 4) is 0 Å². The van der Waals surface area contributed by atoms with Gasteiger partial charge in [0.15, 0.2) is 0 Å². The van der Waals surface area contributed by atoms with Gasteiger partial charge in [-0.3, -0.25) is 4.79 Å². The van der Waals surface area contributed by atoms with Gasteiger partial charge in [0.2, 0.25) is 5.91 Å². The number of nitrogens with two attached hydrogens (primary N) is 1. The minimum atomic E-state index is -0.359. The van der Waals surface area contributed by atoms with E-state index >= 15 is 0 Å². The lowest BCUT2D eigenvalue weighted by molar-refractivity contribution is -0.119. The summed E-state index contributed by atoms with van der Waals surface area (Å²) >= 11 is 0. The zero-order valence-corrected chi connectivity index (χ0v) is 16.0. The Labute approximate surface area is 156 Å². The molecule has 26 heavy (non-hydrogen) atoms. The molecule has 0 atom stereocenters. The van der Waals surface area contributed by atoms with E-state index in [1.807, 2.05) is 6.92 Å². The Hall–Kier alpha value is -0.810. The van der Waals surface area contributed by atoms with Crippen molar-refractivity contribution < 1.29 is 33.2 Å². The maximum absolute atomic E-state index is 10.5. The van der Waals surface area contributed by atoms with Crippen LogP contribution in [0.15, 0.2) is 0 Å². The Bertz CT molecular complexity index is 296. The number of primary amides is 1. The van der Waals surface area contributed by atoms with Crippen molar-refractivity contribution in [2.75, 3.05) is 92.4 Å². The van der Waals surface area contributed by atoms with Gasteiger partial charge in [-0.1, -0.05) is 0 Å². The molecule has 0 aliphatic carbocycles. The van der Waals surface area contributed by atoms with Crippen LogP contribution in [-0.4, -0.2) is 98.3 Å². The molecular weight excluding hydrogens is 344 g/mol. The van der Waals surface area contributed by atoms with Crippen molar-refractivity contribution >= 4 is 5.91 Å². The lowest BCUT2D eigenvalue weighted by atomic mass is 10.4. The van der Waals surface area contributed by atoms with Gasteiger partial charge in [-0.15, -0.1) is 0 Å². The summed E-state index contributed by atoms with van der Waals surface area (Å²) in [6.07, 6.45) is 0.239. The van der Waals surface area contributed by atoms with E-state index < -0.39 is 0 Å². The Balaban J connectivity index is 2.98. The predicted molar refractivity (Wildman–Crippen MR) is 97.3 cm³/mol. The van der Waals surface area contributed by atoms with E-state index in [2.05, 4.69) is 5.32 Å². The number of carbonyl (C=O) groups excluding carboxylic acids is 1. The number of amides is 1. The number of nitrogens with one attached hydrogen (secondary N) is 1. The van der Waals surface area contributed by atoms with Crippen LogP contribution in [0.5, 0.6) is 0 Å². The summed E-state index contributed by atoms with van der Waals surface area (Å²) in [5, 5.41) is 3.23. The molecule has 0 saturated carbocycles. The maximum atomic E-state index is 10.5. The molecule has 0 saturated heterocycles. The number of hydrogen-bond donors (Lipinski definition) is 2. The quantitative estimate of drug-likeness (QED) is 0.244. The largest absolute Gasteiger partial charge is 0.379 e. The topological polar surface area (TPSA) is 110 Å². The molecule has 0 aromatic carbocycles. The van der Waals surface area contributed by atoms with Crippen molar-refractivity contribution in [1.82, 2.24) is 5.32 Å². The Morgan fingerprint density at radius 2 is 1.04 bits per heavy atom. The second-order valence-corrected chi connectivity index (χ2v) is 5.23. The van der Waals surface area contributed by atoms with Gasteiger partial charge in [0.05, 0.1) is 72.7 Å². The van der Waals surface area contributed by atoms with Gasteiger partial charge in [0.25, 0.3) is 0 Å². The second-order valence-electron chi connectivity index (χ2n) is 5.23. The summed E-state index contributed by atoms with van der Waals surface area (Å²) < 4.78 is 31.8. The molecule has 0 aliphatic heterocycles. The fraction of sp³-hybridized carbons (Fsp3) is 0.941. The fourth-order valence-electron chi connectivity index (χ4n) is 1.71. The third-order valence-electron chi connectivity index (χ3n) is 3.03. The predicted octanol–water partition coefficient (Wildman–Crippen LogP) is -0.429. The van der Waals surface area contributed by atoms with Crippen LogP contribution in [0.2, 0.25) is 0 Å². The van der Waals surface area contributed by atoms with E-state index in [-0.39, 0.29) is 12.3 Å². The van der Waals surface area contributed by atoms with Gasteiger partial charge >= 0.3 is 0 Å². The monoisotopic (exact) mass is 380 g/mol. The van der Waals surface area contributed by atoms with Gasteiger partial charge in [0, 0.05) is 26.1 Å². The number of carbonyl (C=O) groups is 1. The third kappa shape index (κ3) is 23.2. The fourth-order valence-corrected chi connectivity index (χ4v) is 1.71. The Morgan fingerprint density at radius 1 is 0.654 bits per heavy atom. The van der Waals surface area contributed by atoms with Crippen LogP contribution in [0.1, 0.15) is 13.3 Å². The second kappa shape index (κ2) is 22.2. The van der Waals surface area contributed by atoms with Crippen LogP contribution in [-0.2, 0) is 33.2 Å². The molecule has 0 unspecified atom stereocenters. The van der Waals surface area contributed by atoms with Crippen molar-refractivity contribution in [2.24, 2.45) is 5.73 Å². The molecule has 0 heterocycles. The van der Waals surface area contributed by atoms with Crippen molar-refractivity contribution in [3.05, 3.63) is 0 Å². The third-order valence-corrected chi connectivity index (χ3v) is 3.03. The summed E-state index contributed by atoms with van der Waals surface area (Å²) in [5.41, 5.74) is 4.99. The highest BCUT2D eigenvalue weighted by atomic mass is 16.5. The molecule has 0 bridgehead atoms. The van der Waals surface area contributed by atoms with Crippen LogP contribution < -0.4 is 11.1 Å². The standard InChI is InChI=1S/C17H36N2O7/c1-2-21-9-10-25-15-12-23-7-4-19-5-8-24-13-16-26-14-11-22-6-3-17(18)20/h19H,2-16H2,1H3,(H2,18,20). The van der Waals surface area contributed by atoms with E-state index in [0.717, 1.165) is 19.7 Å². The van der Waals surface area contributed by atoms with Crippen molar-refractivity contribution in [2.45, 2.75) is 13.3 Å². The minimum Gasteiger partial charge on any atom is -0.379 e. The molecule has 9 heteroatoms. The molecule has 0 aromatic heterocycles. The number of hydrogen-bond acceptors (Lipinski definition) is 8. The highest BCUT2D eigenvalue weighted by Gasteiger charge is 1.95. The van der Waals surface area contributed by atoms with E-state index in [4.69, 9.17) is 34.2 Å². The van der Waals surface area contributed by atoms with E-state index in [9.17, 15) is 4.79 Å². The van der Waals surface area contributed by atoms with Crippen molar-refractivity contribution in [3.63, 3.8) is 0 Å². The SMILES string of the molecule is CCOCCOCCOCCNCCOCCOCCOCCC(N)=O. The Morgan fingerprint density at radius 3 is 1.46 bits per heavy atom. The van der Waals surface area contributed by atoms with Crippen LogP contribution in [0.4, 0.5) is 0 Å². The van der Waals surface area contributed by atoms with Gasteiger partial charge in [0.1, 0.15) is 0 Å². The normalized spacial score (nSPS) is 11.1. The first-order chi connectivity index (χ1) is 12.8. The first-order valence-corrected chi connectivity index (χ1v) is 9.22. The molecule has 0 aromatic rings. The van der Waals surface area contributed by atoms with Gasteiger partial charge < -0.3 is 39.5 Å². The van der Waals surface area contributed by atoms with E-state index in [1.165, 1.54) is 0 Å². The number of rotatable bonds is 22. The van der Waals surface area contributed by atoms with Crippen LogP contribution in [0.25, 0.3) is 0 Å². The molecule has 9 nitrogen and oxygen atoms in total. The van der Waals surface area contributed by atoms with Crippen molar-refractivity contribution in [1.29, 1.82) is 0 Å². The smallest absolute Gasteiger partial charge is 0.219 e. The zero-order valence-electron chi connectivity index (χ0n) is 16.0. The summed E-state index contributed by atoms with van der Waals surface area (Å²) in [6.45, 7) is 10.3. The average molecular weight is 380 g/mol. The van der Waals surface area contributed by atoms with Gasteiger partial charge in [-0.25, -0.2) is 0 Å². The molecule has 3 N–H and O–H groups in total. The summed E-state index contributed by atoms with van der Waals surface area (Å²) in [6, 6.07) is 0. The average Bonchev–Trinajstić information content (AvgIpc) is 2.62. The Kier molecular flexibility index (Phi) is 21.5. The molecule has 0 rings (SSSR count). The maximum Gasteiger partial charge on any atom is 0.219 e. The van der Waals surface area contributed by atoms with Crippen LogP contribution in [0.3, 0.4) is 0 Å². The highest BCUT2D eigenvalue weighted by molar-refractivity contribution is 5.73. The number of ether oxygens (including phenoxy) is 6. The molecule has 0 aliphatic rings. The summed E-state index contributed by atoms with van der Waals surface area (Å²) in [5.74, 6) is -0.359. The molecule has 0 spiro atoms.